The van der Waals surface area contributed by atoms with E-state index in [2.05, 4.69) is 0 Å². The summed E-state index contributed by atoms with van der Waals surface area (Å²) in [5.41, 5.74) is 4.86. The molecule has 0 aliphatic heterocycles. The third kappa shape index (κ3) is 2.57. The van der Waals surface area contributed by atoms with Crippen molar-refractivity contribution in [3.05, 3.63) is 64.3 Å². The molecule has 0 radical (unpaired) electrons. The van der Waals surface area contributed by atoms with Crippen molar-refractivity contribution < 1.29 is 9.18 Å². The second-order valence-corrected chi connectivity index (χ2v) is 3.44. The highest BCUT2D eigenvalue weighted by Gasteiger charge is 2.09. The van der Waals surface area contributed by atoms with E-state index in [1.54, 1.807) is 12.1 Å². The van der Waals surface area contributed by atoms with Crippen LogP contribution in [-0.2, 0) is 0 Å². The number of nitrogens with zero attached hydrogens (tertiary/aromatic N) is 1. The normalized spacial score (nSPS) is 9.61. The van der Waals surface area contributed by atoms with E-state index in [0.717, 1.165) is 6.07 Å². The zero-order valence-corrected chi connectivity index (χ0v) is 9.99. The zero-order valence-electron chi connectivity index (χ0n) is 9.17. The lowest BCUT2D eigenvalue weighted by atomic mass is 10.2. The molecule has 2 N–H and O–H groups in total. The fourth-order valence-corrected chi connectivity index (χ4v) is 1.49. The molecule has 2 aromatic rings. The number of rotatable bonds is 2. The number of carbonyl (C=O) groups is 1. The summed E-state index contributed by atoms with van der Waals surface area (Å²) in [6.07, 6.45) is 1.51. The standard InChI is InChI=1S/C12H9FN2O2.ClH/c13-10-7-8(4-5-9(10)12(14)17)15-6-2-1-3-11(15)16;/h1-7H,(H2,14,17);1H. The van der Waals surface area contributed by atoms with Crippen molar-refractivity contribution in [3.8, 4) is 5.69 Å². The first kappa shape index (κ1) is 13.9. The van der Waals surface area contributed by atoms with E-state index in [9.17, 15) is 14.0 Å². The maximum Gasteiger partial charge on any atom is 0.255 e. The first-order chi connectivity index (χ1) is 8.09. The van der Waals surface area contributed by atoms with Gasteiger partial charge in [0.2, 0.25) is 0 Å². The number of hydrogen-bond acceptors (Lipinski definition) is 2. The Morgan fingerprint density at radius 3 is 2.50 bits per heavy atom. The van der Waals surface area contributed by atoms with E-state index in [1.165, 1.54) is 29.0 Å². The van der Waals surface area contributed by atoms with Gasteiger partial charge in [0.05, 0.1) is 11.3 Å². The number of benzene rings is 1. The van der Waals surface area contributed by atoms with Gasteiger partial charge in [-0.1, -0.05) is 6.07 Å². The number of primary amides is 1. The molecule has 4 nitrogen and oxygen atoms in total. The van der Waals surface area contributed by atoms with Gasteiger partial charge in [-0.25, -0.2) is 4.39 Å². The van der Waals surface area contributed by atoms with Crippen LogP contribution in [-0.4, -0.2) is 10.5 Å². The van der Waals surface area contributed by atoms with Crippen molar-refractivity contribution in [2.45, 2.75) is 0 Å². The van der Waals surface area contributed by atoms with E-state index >= 15 is 0 Å². The molecule has 1 amide bonds. The van der Waals surface area contributed by atoms with Gasteiger partial charge in [0.1, 0.15) is 5.82 Å². The molecule has 0 bridgehead atoms. The van der Waals surface area contributed by atoms with E-state index in [4.69, 9.17) is 5.73 Å². The Balaban J connectivity index is 0.00000162. The van der Waals surface area contributed by atoms with Crippen molar-refractivity contribution in [2.24, 2.45) is 5.73 Å². The SMILES string of the molecule is Cl.NC(=O)c1ccc(-n2ccccc2=O)cc1F. The van der Waals surface area contributed by atoms with Gasteiger partial charge in [-0.05, 0) is 24.3 Å². The first-order valence-corrected chi connectivity index (χ1v) is 4.87. The van der Waals surface area contributed by atoms with Crippen molar-refractivity contribution >= 4 is 18.3 Å². The third-order valence-electron chi connectivity index (χ3n) is 2.32. The molecule has 6 heteroatoms. The smallest absolute Gasteiger partial charge is 0.255 e. The summed E-state index contributed by atoms with van der Waals surface area (Å²) in [5.74, 6) is -1.58. The lowest BCUT2D eigenvalue weighted by Gasteiger charge is -2.06. The van der Waals surface area contributed by atoms with Crippen LogP contribution in [0.25, 0.3) is 5.69 Å². The Morgan fingerprint density at radius 2 is 1.94 bits per heavy atom. The Kier molecular flexibility index (Phi) is 4.23. The van der Waals surface area contributed by atoms with Crippen molar-refractivity contribution in [1.29, 1.82) is 0 Å². The molecule has 0 spiro atoms. The Morgan fingerprint density at radius 1 is 1.22 bits per heavy atom. The number of halogens is 2. The summed E-state index contributed by atoms with van der Waals surface area (Å²) in [4.78, 5) is 22.3. The molecule has 0 saturated heterocycles. The van der Waals surface area contributed by atoms with Crippen LogP contribution in [0.2, 0.25) is 0 Å². The molecule has 0 aliphatic rings. The molecule has 0 fully saturated rings. The molecule has 0 unspecified atom stereocenters. The van der Waals surface area contributed by atoms with Gasteiger partial charge in [0, 0.05) is 12.3 Å². The van der Waals surface area contributed by atoms with Crippen molar-refractivity contribution in [1.82, 2.24) is 4.57 Å². The Bertz CT molecular complexity index is 640. The van der Waals surface area contributed by atoms with Crippen LogP contribution in [0.15, 0.2) is 47.4 Å². The van der Waals surface area contributed by atoms with Crippen LogP contribution in [0.3, 0.4) is 0 Å². The Hall–Kier alpha value is -2.14. The number of pyridine rings is 1. The highest BCUT2D eigenvalue weighted by atomic mass is 35.5. The molecular weight excluding hydrogens is 259 g/mol. The average Bonchev–Trinajstić information content (AvgIpc) is 2.29. The molecule has 0 atom stereocenters. The fraction of sp³-hybridized carbons (Fsp3) is 0. The molecule has 2 rings (SSSR count). The van der Waals surface area contributed by atoms with Gasteiger partial charge in [-0.3, -0.25) is 14.2 Å². The van der Waals surface area contributed by atoms with Crippen LogP contribution >= 0.6 is 12.4 Å². The van der Waals surface area contributed by atoms with Gasteiger partial charge in [-0.15, -0.1) is 12.4 Å². The Labute approximate surface area is 108 Å². The van der Waals surface area contributed by atoms with Gasteiger partial charge >= 0.3 is 0 Å². The minimum atomic E-state index is -0.838. The summed E-state index contributed by atoms with van der Waals surface area (Å²) in [6, 6.07) is 8.42. The number of carbonyl (C=O) groups excluding carboxylic acids is 1. The van der Waals surface area contributed by atoms with Crippen LogP contribution in [0, 0.1) is 5.82 Å². The molecule has 18 heavy (non-hydrogen) atoms. The summed E-state index contributed by atoms with van der Waals surface area (Å²) in [6.45, 7) is 0. The second-order valence-electron chi connectivity index (χ2n) is 3.44. The lowest BCUT2D eigenvalue weighted by Crippen LogP contribution is -2.17. The third-order valence-corrected chi connectivity index (χ3v) is 2.32. The van der Waals surface area contributed by atoms with Crippen LogP contribution < -0.4 is 11.3 Å². The van der Waals surface area contributed by atoms with E-state index in [1.807, 2.05) is 0 Å². The molecule has 1 aromatic heterocycles. The van der Waals surface area contributed by atoms with Gasteiger partial charge < -0.3 is 5.73 Å². The summed E-state index contributed by atoms with van der Waals surface area (Å²) in [5, 5.41) is 0. The minimum absolute atomic E-state index is 0. The summed E-state index contributed by atoms with van der Waals surface area (Å²) >= 11 is 0. The van der Waals surface area contributed by atoms with E-state index in [0.29, 0.717) is 5.69 Å². The number of aromatic nitrogens is 1. The monoisotopic (exact) mass is 268 g/mol. The van der Waals surface area contributed by atoms with Crippen LogP contribution in [0.1, 0.15) is 10.4 Å². The first-order valence-electron chi connectivity index (χ1n) is 4.87. The predicted molar refractivity (Wildman–Crippen MR) is 67.8 cm³/mol. The average molecular weight is 269 g/mol. The molecule has 0 aliphatic carbocycles. The summed E-state index contributed by atoms with van der Waals surface area (Å²) in [7, 11) is 0. The van der Waals surface area contributed by atoms with Crippen LogP contribution in [0.5, 0.6) is 0 Å². The second kappa shape index (κ2) is 5.46. The molecule has 1 aromatic carbocycles. The zero-order chi connectivity index (χ0) is 12.4. The van der Waals surface area contributed by atoms with Gasteiger partial charge in [0.25, 0.3) is 11.5 Å². The van der Waals surface area contributed by atoms with Crippen molar-refractivity contribution in [3.63, 3.8) is 0 Å². The lowest BCUT2D eigenvalue weighted by molar-refractivity contribution is 0.0996. The minimum Gasteiger partial charge on any atom is -0.366 e. The topological polar surface area (TPSA) is 65.1 Å². The summed E-state index contributed by atoms with van der Waals surface area (Å²) < 4.78 is 14.8. The molecule has 94 valence electrons. The quantitative estimate of drug-likeness (QED) is 0.897. The highest BCUT2D eigenvalue weighted by molar-refractivity contribution is 5.93. The maximum atomic E-state index is 13.5. The van der Waals surface area contributed by atoms with Crippen molar-refractivity contribution in [2.75, 3.05) is 0 Å². The fourth-order valence-electron chi connectivity index (χ4n) is 1.49. The largest absolute Gasteiger partial charge is 0.366 e. The number of hydrogen-bond donors (Lipinski definition) is 1. The van der Waals surface area contributed by atoms with E-state index < -0.39 is 11.7 Å². The predicted octanol–water partition coefficient (Wildman–Crippen LogP) is 1.50. The number of amides is 1. The van der Waals surface area contributed by atoms with Crippen LogP contribution in [0.4, 0.5) is 4.39 Å². The molecular formula is C12H10ClFN2O2. The van der Waals surface area contributed by atoms with Gasteiger partial charge in [0.15, 0.2) is 0 Å². The van der Waals surface area contributed by atoms with Gasteiger partial charge in [-0.2, -0.15) is 0 Å². The molecule has 0 saturated carbocycles. The number of nitrogens with two attached hydrogens (primary N) is 1. The maximum absolute atomic E-state index is 13.5. The highest BCUT2D eigenvalue weighted by Crippen LogP contribution is 2.12. The van der Waals surface area contributed by atoms with E-state index in [-0.39, 0.29) is 23.5 Å². The molecule has 1 heterocycles.